The van der Waals surface area contributed by atoms with Gasteiger partial charge in [0.25, 0.3) is 17.7 Å². The molecule has 3 aromatic rings. The second-order valence-corrected chi connectivity index (χ2v) is 7.39. The van der Waals surface area contributed by atoms with Crippen molar-refractivity contribution in [2.24, 2.45) is 0 Å². The number of likely N-dealkylation sites (tertiary alicyclic amines) is 1. The number of nitrogens with zero attached hydrogens (tertiary/aromatic N) is 4. The van der Waals surface area contributed by atoms with E-state index in [0.717, 1.165) is 11.3 Å². The van der Waals surface area contributed by atoms with Crippen LogP contribution in [0.15, 0.2) is 67.0 Å². The molecule has 2 aliphatic heterocycles. The predicted molar refractivity (Wildman–Crippen MR) is 109 cm³/mol. The number of rotatable bonds is 3. The van der Waals surface area contributed by atoms with Crippen LogP contribution in [0, 0.1) is 0 Å². The van der Waals surface area contributed by atoms with Crippen LogP contribution in [0.1, 0.15) is 49.2 Å². The van der Waals surface area contributed by atoms with Crippen LogP contribution in [0.25, 0.3) is 0 Å². The molecule has 7 heteroatoms. The quantitative estimate of drug-likeness (QED) is 0.634. The van der Waals surface area contributed by atoms with Gasteiger partial charge in [-0.25, -0.2) is 14.9 Å². The van der Waals surface area contributed by atoms with Gasteiger partial charge in [-0.1, -0.05) is 30.3 Å². The Hall–Kier alpha value is -3.87. The molecular weight excluding hydrogens is 380 g/mol. The van der Waals surface area contributed by atoms with Crippen LogP contribution in [-0.4, -0.2) is 45.7 Å². The van der Waals surface area contributed by atoms with Gasteiger partial charge in [0.1, 0.15) is 0 Å². The summed E-state index contributed by atoms with van der Waals surface area (Å²) < 4.78 is 0. The highest BCUT2D eigenvalue weighted by Crippen LogP contribution is 2.29. The summed E-state index contributed by atoms with van der Waals surface area (Å²) in [6, 6.07) is 16.7. The monoisotopic (exact) mass is 398 g/mol. The highest BCUT2D eigenvalue weighted by Gasteiger charge is 2.39. The Morgan fingerprint density at radius 3 is 2.13 bits per heavy atom. The summed E-state index contributed by atoms with van der Waals surface area (Å²) >= 11 is 0. The lowest BCUT2D eigenvalue weighted by Gasteiger charge is -2.18. The van der Waals surface area contributed by atoms with Gasteiger partial charge in [0.2, 0.25) is 0 Å². The molecule has 3 heterocycles. The van der Waals surface area contributed by atoms with E-state index < -0.39 is 11.8 Å². The van der Waals surface area contributed by atoms with E-state index in [-0.39, 0.29) is 17.3 Å². The molecule has 0 aliphatic carbocycles. The summed E-state index contributed by atoms with van der Waals surface area (Å²) in [5.74, 6) is -0.724. The zero-order valence-corrected chi connectivity index (χ0v) is 16.1. The number of fused-ring (bicyclic) bond motifs is 1. The van der Waals surface area contributed by atoms with Crippen molar-refractivity contribution >= 4 is 23.4 Å². The first-order chi connectivity index (χ1) is 14.6. The second kappa shape index (κ2) is 7.18. The van der Waals surface area contributed by atoms with E-state index in [9.17, 15) is 14.4 Å². The first-order valence-corrected chi connectivity index (χ1v) is 9.77. The van der Waals surface area contributed by atoms with E-state index in [1.807, 2.05) is 23.1 Å². The zero-order valence-electron chi connectivity index (χ0n) is 16.1. The number of anilines is 1. The van der Waals surface area contributed by atoms with Crippen molar-refractivity contribution in [3.05, 3.63) is 89.5 Å². The SMILES string of the molecule is O=C(c1ccc(N2C(=O)c3nccnc3C2=O)cc1)N1CC[C@H](c2ccccc2)C1. The number of benzene rings is 2. The molecule has 5 rings (SSSR count). The van der Waals surface area contributed by atoms with E-state index in [0.29, 0.717) is 30.3 Å². The van der Waals surface area contributed by atoms with Gasteiger partial charge in [0.15, 0.2) is 11.4 Å². The standard InChI is InChI=1S/C23H18N4O3/c28-21(26-13-10-17(14-26)15-4-2-1-3-5-15)16-6-8-18(9-7-16)27-22(29)19-20(23(27)30)25-12-11-24-19/h1-9,11-12,17H,10,13-14H2/t17-/m0/s1. The fourth-order valence-corrected chi connectivity index (χ4v) is 4.07. The van der Waals surface area contributed by atoms with Crippen molar-refractivity contribution in [1.82, 2.24) is 14.9 Å². The third-order valence-electron chi connectivity index (χ3n) is 5.63. The predicted octanol–water partition coefficient (Wildman–Crippen LogP) is 2.91. The smallest absolute Gasteiger partial charge is 0.286 e. The first-order valence-electron chi connectivity index (χ1n) is 9.77. The number of hydrogen-bond acceptors (Lipinski definition) is 5. The summed E-state index contributed by atoms with van der Waals surface area (Å²) in [5.41, 5.74) is 2.26. The lowest BCUT2D eigenvalue weighted by atomic mass is 9.99. The molecule has 0 bridgehead atoms. The highest BCUT2D eigenvalue weighted by atomic mass is 16.2. The van der Waals surface area contributed by atoms with Crippen LogP contribution in [0.4, 0.5) is 5.69 Å². The molecule has 1 atom stereocenters. The van der Waals surface area contributed by atoms with Crippen molar-refractivity contribution < 1.29 is 14.4 Å². The van der Waals surface area contributed by atoms with Gasteiger partial charge < -0.3 is 4.90 Å². The maximum Gasteiger partial charge on any atom is 0.286 e. The number of imide groups is 1. The summed E-state index contributed by atoms with van der Waals surface area (Å²) in [5, 5.41) is 0. The summed E-state index contributed by atoms with van der Waals surface area (Å²) in [6.45, 7) is 1.39. The number of carbonyl (C=O) groups excluding carboxylic acids is 3. The van der Waals surface area contributed by atoms with E-state index in [1.165, 1.54) is 18.0 Å². The maximum absolute atomic E-state index is 12.9. The third-order valence-corrected chi connectivity index (χ3v) is 5.63. The number of amides is 3. The molecule has 0 radical (unpaired) electrons. The van der Waals surface area contributed by atoms with Gasteiger partial charge in [0, 0.05) is 37.0 Å². The second-order valence-electron chi connectivity index (χ2n) is 7.39. The van der Waals surface area contributed by atoms with Gasteiger partial charge in [-0.15, -0.1) is 0 Å². The molecule has 2 aromatic carbocycles. The Kier molecular flexibility index (Phi) is 4.35. The summed E-state index contributed by atoms with van der Waals surface area (Å²) in [4.78, 5) is 48.8. The van der Waals surface area contributed by atoms with Crippen LogP contribution in [-0.2, 0) is 0 Å². The van der Waals surface area contributed by atoms with Crippen LogP contribution < -0.4 is 4.90 Å². The van der Waals surface area contributed by atoms with Gasteiger partial charge >= 0.3 is 0 Å². The highest BCUT2D eigenvalue weighted by molar-refractivity contribution is 6.33. The molecule has 2 aliphatic rings. The van der Waals surface area contributed by atoms with E-state index >= 15 is 0 Å². The average Bonchev–Trinajstić information content (AvgIpc) is 3.38. The van der Waals surface area contributed by atoms with Gasteiger partial charge in [0.05, 0.1) is 5.69 Å². The van der Waals surface area contributed by atoms with Crippen molar-refractivity contribution in [3.8, 4) is 0 Å². The van der Waals surface area contributed by atoms with E-state index in [1.54, 1.807) is 24.3 Å². The van der Waals surface area contributed by atoms with Gasteiger partial charge in [-0.2, -0.15) is 0 Å². The van der Waals surface area contributed by atoms with Crippen molar-refractivity contribution in [1.29, 1.82) is 0 Å². The van der Waals surface area contributed by atoms with Crippen LogP contribution >= 0.6 is 0 Å². The Labute approximate surface area is 173 Å². The minimum absolute atomic E-state index is 0.0478. The van der Waals surface area contributed by atoms with E-state index in [2.05, 4.69) is 22.1 Å². The first kappa shape index (κ1) is 18.2. The molecule has 0 N–H and O–H groups in total. The van der Waals surface area contributed by atoms with Crippen LogP contribution in [0.3, 0.4) is 0 Å². The molecule has 3 amide bonds. The Morgan fingerprint density at radius 2 is 1.50 bits per heavy atom. The number of hydrogen-bond donors (Lipinski definition) is 0. The molecule has 0 saturated carbocycles. The summed E-state index contributed by atoms with van der Waals surface area (Å²) in [7, 11) is 0. The minimum Gasteiger partial charge on any atom is -0.338 e. The molecule has 7 nitrogen and oxygen atoms in total. The van der Waals surface area contributed by atoms with Crippen molar-refractivity contribution in [2.75, 3.05) is 18.0 Å². The van der Waals surface area contributed by atoms with Gasteiger partial charge in [-0.05, 0) is 36.2 Å². The lowest BCUT2D eigenvalue weighted by Crippen LogP contribution is -2.30. The molecule has 148 valence electrons. The van der Waals surface area contributed by atoms with Crippen molar-refractivity contribution in [2.45, 2.75) is 12.3 Å². The van der Waals surface area contributed by atoms with Crippen LogP contribution in [0.5, 0.6) is 0 Å². The molecule has 1 aromatic heterocycles. The Morgan fingerprint density at radius 1 is 0.867 bits per heavy atom. The fraction of sp³-hybridized carbons (Fsp3) is 0.174. The minimum atomic E-state index is -0.507. The fourth-order valence-electron chi connectivity index (χ4n) is 4.07. The largest absolute Gasteiger partial charge is 0.338 e. The number of carbonyl (C=O) groups is 3. The number of aromatic nitrogens is 2. The Balaban J connectivity index is 1.32. The maximum atomic E-state index is 12.9. The van der Waals surface area contributed by atoms with Crippen LogP contribution in [0.2, 0.25) is 0 Å². The van der Waals surface area contributed by atoms with Gasteiger partial charge in [-0.3, -0.25) is 14.4 Å². The zero-order chi connectivity index (χ0) is 20.7. The van der Waals surface area contributed by atoms with E-state index in [4.69, 9.17) is 0 Å². The van der Waals surface area contributed by atoms with Crippen molar-refractivity contribution in [3.63, 3.8) is 0 Å². The lowest BCUT2D eigenvalue weighted by molar-refractivity contribution is 0.0790. The normalized spacial score (nSPS) is 18.1. The average molecular weight is 398 g/mol. The molecule has 30 heavy (non-hydrogen) atoms. The Bertz CT molecular complexity index is 1110. The third kappa shape index (κ3) is 2.95. The molecule has 1 saturated heterocycles. The molecule has 0 spiro atoms. The topological polar surface area (TPSA) is 83.5 Å². The summed E-state index contributed by atoms with van der Waals surface area (Å²) in [6.07, 6.45) is 3.70. The molecular formula is C23H18N4O3. The molecule has 1 fully saturated rings. The molecule has 0 unspecified atom stereocenters.